The van der Waals surface area contributed by atoms with Crippen molar-refractivity contribution >= 4 is 0 Å². The lowest BCUT2D eigenvalue weighted by atomic mass is 10.2. The molecule has 0 aliphatic rings. The minimum Gasteiger partial charge on any atom is -0.396 e. The summed E-state index contributed by atoms with van der Waals surface area (Å²) in [6.07, 6.45) is -2.47. The second-order valence-electron chi connectivity index (χ2n) is 5.10. The Morgan fingerprint density at radius 3 is 2.45 bits per heavy atom. The van der Waals surface area contributed by atoms with Crippen molar-refractivity contribution in [3.63, 3.8) is 0 Å². The zero-order chi connectivity index (χ0) is 16.2. The van der Waals surface area contributed by atoms with E-state index >= 15 is 0 Å². The minimum absolute atomic E-state index is 0.133. The van der Waals surface area contributed by atoms with Gasteiger partial charge in [-0.25, -0.2) is 4.68 Å². The molecule has 120 valence electrons. The van der Waals surface area contributed by atoms with Crippen molar-refractivity contribution in [1.82, 2.24) is 15.1 Å². The van der Waals surface area contributed by atoms with Crippen LogP contribution < -0.4 is 5.32 Å². The minimum atomic E-state index is -4.43. The summed E-state index contributed by atoms with van der Waals surface area (Å²) in [5, 5.41) is 15.6. The van der Waals surface area contributed by atoms with Crippen LogP contribution in [0.3, 0.4) is 0 Å². The SMILES string of the molecule is CC(CCO)NCc1ccc(-n2ccc(C(F)(F)F)n2)cc1. The summed E-state index contributed by atoms with van der Waals surface area (Å²) in [5.41, 5.74) is 0.676. The van der Waals surface area contributed by atoms with Gasteiger partial charge in [-0.1, -0.05) is 12.1 Å². The van der Waals surface area contributed by atoms with Crippen LogP contribution in [0, 0.1) is 0 Å². The topological polar surface area (TPSA) is 50.1 Å². The molecule has 0 amide bonds. The first-order chi connectivity index (χ1) is 10.4. The van der Waals surface area contributed by atoms with Crippen LogP contribution in [-0.4, -0.2) is 27.5 Å². The standard InChI is InChI=1S/C15H18F3N3O/c1-11(7-9-22)19-10-12-2-4-13(5-3-12)21-8-6-14(20-21)15(16,17)18/h2-6,8,11,19,22H,7,9-10H2,1H3. The maximum Gasteiger partial charge on any atom is 0.435 e. The summed E-state index contributed by atoms with van der Waals surface area (Å²) in [4.78, 5) is 0. The van der Waals surface area contributed by atoms with Gasteiger partial charge in [0.2, 0.25) is 0 Å². The molecule has 1 aromatic heterocycles. The molecule has 1 unspecified atom stereocenters. The summed E-state index contributed by atoms with van der Waals surface area (Å²) in [6, 6.07) is 8.27. The van der Waals surface area contributed by atoms with E-state index in [1.54, 1.807) is 12.1 Å². The Kier molecular flexibility index (Phi) is 5.20. The summed E-state index contributed by atoms with van der Waals surface area (Å²) >= 11 is 0. The molecule has 0 spiro atoms. The normalized spacial score (nSPS) is 13.3. The lowest BCUT2D eigenvalue weighted by molar-refractivity contribution is -0.141. The summed E-state index contributed by atoms with van der Waals surface area (Å²) < 4.78 is 38.8. The zero-order valence-corrected chi connectivity index (χ0v) is 12.1. The first kappa shape index (κ1) is 16.5. The van der Waals surface area contributed by atoms with E-state index in [-0.39, 0.29) is 12.6 Å². The van der Waals surface area contributed by atoms with Crippen LogP contribution in [0.1, 0.15) is 24.6 Å². The second-order valence-corrected chi connectivity index (χ2v) is 5.10. The van der Waals surface area contributed by atoms with E-state index in [1.807, 2.05) is 19.1 Å². The molecule has 2 aromatic rings. The van der Waals surface area contributed by atoms with Crippen LogP contribution in [0.25, 0.3) is 5.69 Å². The predicted octanol–water partition coefficient (Wildman–Crippen LogP) is 2.75. The van der Waals surface area contributed by atoms with Gasteiger partial charge in [-0.3, -0.25) is 0 Å². The van der Waals surface area contributed by atoms with Crippen molar-refractivity contribution in [2.24, 2.45) is 0 Å². The molecule has 0 radical (unpaired) electrons. The van der Waals surface area contributed by atoms with Crippen molar-refractivity contribution < 1.29 is 18.3 Å². The highest BCUT2D eigenvalue weighted by Crippen LogP contribution is 2.27. The van der Waals surface area contributed by atoms with Gasteiger partial charge >= 0.3 is 6.18 Å². The van der Waals surface area contributed by atoms with E-state index in [4.69, 9.17) is 5.11 Å². The third kappa shape index (κ3) is 4.32. The molecular weight excluding hydrogens is 295 g/mol. The number of halogens is 3. The number of hydrogen-bond acceptors (Lipinski definition) is 3. The number of benzene rings is 1. The smallest absolute Gasteiger partial charge is 0.396 e. The molecule has 2 N–H and O–H groups in total. The second kappa shape index (κ2) is 6.93. The molecule has 2 rings (SSSR count). The Morgan fingerprint density at radius 2 is 1.91 bits per heavy atom. The summed E-state index contributed by atoms with van der Waals surface area (Å²) in [6.45, 7) is 2.75. The van der Waals surface area contributed by atoms with Gasteiger partial charge in [0.15, 0.2) is 5.69 Å². The van der Waals surface area contributed by atoms with Crippen molar-refractivity contribution in [2.75, 3.05) is 6.61 Å². The lowest BCUT2D eigenvalue weighted by Crippen LogP contribution is -2.26. The fourth-order valence-electron chi connectivity index (χ4n) is 1.97. The van der Waals surface area contributed by atoms with Gasteiger partial charge < -0.3 is 10.4 Å². The van der Waals surface area contributed by atoms with E-state index in [0.717, 1.165) is 11.6 Å². The van der Waals surface area contributed by atoms with Crippen LogP contribution >= 0.6 is 0 Å². The van der Waals surface area contributed by atoms with E-state index in [9.17, 15) is 13.2 Å². The third-order valence-electron chi connectivity index (χ3n) is 3.30. The van der Waals surface area contributed by atoms with Gasteiger partial charge in [0, 0.05) is 25.4 Å². The number of aliphatic hydroxyl groups excluding tert-OH is 1. The Hall–Kier alpha value is -1.86. The molecule has 22 heavy (non-hydrogen) atoms. The lowest BCUT2D eigenvalue weighted by Gasteiger charge is -2.12. The zero-order valence-electron chi connectivity index (χ0n) is 12.1. The van der Waals surface area contributed by atoms with Crippen LogP contribution in [0.5, 0.6) is 0 Å². The molecule has 0 aliphatic heterocycles. The number of nitrogens with one attached hydrogen (secondary N) is 1. The van der Waals surface area contributed by atoms with E-state index in [2.05, 4.69) is 10.4 Å². The van der Waals surface area contributed by atoms with Gasteiger partial charge in [0.25, 0.3) is 0 Å². The first-order valence-electron chi connectivity index (χ1n) is 6.96. The number of aliphatic hydroxyl groups is 1. The van der Waals surface area contributed by atoms with E-state index < -0.39 is 11.9 Å². The molecule has 0 saturated heterocycles. The van der Waals surface area contributed by atoms with Gasteiger partial charge in [0.05, 0.1) is 5.69 Å². The van der Waals surface area contributed by atoms with Crippen LogP contribution in [0.15, 0.2) is 36.5 Å². The van der Waals surface area contributed by atoms with Crippen LogP contribution in [-0.2, 0) is 12.7 Å². The summed E-state index contributed by atoms with van der Waals surface area (Å²) in [5.74, 6) is 0. The molecule has 4 nitrogen and oxygen atoms in total. The molecule has 7 heteroatoms. The summed E-state index contributed by atoms with van der Waals surface area (Å²) in [7, 11) is 0. The van der Waals surface area contributed by atoms with Gasteiger partial charge in [-0.15, -0.1) is 0 Å². The Balaban J connectivity index is 2.01. The quantitative estimate of drug-likeness (QED) is 0.862. The largest absolute Gasteiger partial charge is 0.435 e. The van der Waals surface area contributed by atoms with Gasteiger partial charge in [-0.2, -0.15) is 18.3 Å². The number of aromatic nitrogens is 2. The first-order valence-corrected chi connectivity index (χ1v) is 6.96. The third-order valence-corrected chi connectivity index (χ3v) is 3.30. The molecule has 0 bridgehead atoms. The maximum atomic E-state index is 12.5. The number of hydrogen-bond donors (Lipinski definition) is 2. The molecule has 0 aliphatic carbocycles. The van der Waals surface area contributed by atoms with Crippen LogP contribution in [0.4, 0.5) is 13.2 Å². The highest BCUT2D eigenvalue weighted by molar-refractivity contribution is 5.34. The van der Waals surface area contributed by atoms with Crippen LogP contribution in [0.2, 0.25) is 0 Å². The van der Waals surface area contributed by atoms with Crippen molar-refractivity contribution in [3.8, 4) is 5.69 Å². The fraction of sp³-hybridized carbons (Fsp3) is 0.400. The molecule has 1 heterocycles. The molecule has 1 aromatic carbocycles. The van der Waals surface area contributed by atoms with E-state index in [0.29, 0.717) is 18.7 Å². The average Bonchev–Trinajstić information content (AvgIpc) is 2.96. The predicted molar refractivity (Wildman–Crippen MR) is 76.6 cm³/mol. The van der Waals surface area contributed by atoms with E-state index in [1.165, 1.54) is 10.9 Å². The number of rotatable bonds is 6. The fourth-order valence-corrected chi connectivity index (χ4v) is 1.97. The van der Waals surface area contributed by atoms with Crippen molar-refractivity contribution in [1.29, 1.82) is 0 Å². The molecule has 0 fully saturated rings. The molecular formula is C15H18F3N3O. The van der Waals surface area contributed by atoms with Gasteiger partial charge in [0.1, 0.15) is 0 Å². The van der Waals surface area contributed by atoms with Crippen molar-refractivity contribution in [3.05, 3.63) is 47.8 Å². The molecule has 0 saturated carbocycles. The average molecular weight is 313 g/mol. The Labute approximate surface area is 126 Å². The number of alkyl halides is 3. The highest BCUT2D eigenvalue weighted by Gasteiger charge is 2.33. The number of nitrogens with zero attached hydrogens (tertiary/aromatic N) is 2. The van der Waals surface area contributed by atoms with Crippen molar-refractivity contribution in [2.45, 2.75) is 32.1 Å². The molecule has 1 atom stereocenters. The Morgan fingerprint density at radius 1 is 1.23 bits per heavy atom. The monoisotopic (exact) mass is 313 g/mol. The highest BCUT2D eigenvalue weighted by atomic mass is 19.4. The van der Waals surface area contributed by atoms with Gasteiger partial charge in [-0.05, 0) is 37.1 Å². The maximum absolute atomic E-state index is 12.5. The Bertz CT molecular complexity index is 593.